The van der Waals surface area contributed by atoms with Gasteiger partial charge in [-0.15, -0.1) is 0 Å². The van der Waals surface area contributed by atoms with E-state index in [0.717, 1.165) is 0 Å². The van der Waals surface area contributed by atoms with Crippen molar-refractivity contribution < 1.29 is 19.1 Å². The number of aliphatic hydroxyl groups is 1. The molecule has 0 bridgehead atoms. The van der Waals surface area contributed by atoms with Crippen LogP contribution in [0.3, 0.4) is 0 Å². The van der Waals surface area contributed by atoms with Gasteiger partial charge in [0.2, 0.25) is 0 Å². The van der Waals surface area contributed by atoms with Crippen molar-refractivity contribution in [1.29, 1.82) is 0 Å². The Morgan fingerprint density at radius 2 is 1.90 bits per heavy atom. The zero-order chi connectivity index (χ0) is 15.2. The molecule has 0 saturated heterocycles. The Morgan fingerprint density at radius 1 is 1.19 bits per heavy atom. The highest BCUT2D eigenvalue weighted by molar-refractivity contribution is 5.99. The lowest BCUT2D eigenvalue weighted by molar-refractivity contribution is 0.0901. The number of aliphatic hydroxyl groups excluding tert-OH is 1. The fraction of sp³-hybridized carbons (Fsp3) is 0.200. The first-order valence-electron chi connectivity index (χ1n) is 6.43. The van der Waals surface area contributed by atoms with Crippen molar-refractivity contribution in [3.05, 3.63) is 59.5 Å². The molecule has 0 radical (unpaired) electrons. The third-order valence-electron chi connectivity index (χ3n) is 2.94. The molecule has 6 nitrogen and oxygen atoms in total. The van der Waals surface area contributed by atoms with Crippen LogP contribution in [0.1, 0.15) is 32.6 Å². The van der Waals surface area contributed by atoms with E-state index in [4.69, 9.17) is 4.42 Å². The molecule has 1 heterocycles. The summed E-state index contributed by atoms with van der Waals surface area (Å²) in [5.41, 5.74) is 0.750. The molecular weight excluding hydrogens is 272 g/mol. The molecule has 1 atom stereocenters. The van der Waals surface area contributed by atoms with Crippen molar-refractivity contribution in [2.75, 3.05) is 13.6 Å². The lowest BCUT2D eigenvalue weighted by Gasteiger charge is -2.10. The van der Waals surface area contributed by atoms with Gasteiger partial charge in [0.1, 0.15) is 11.9 Å². The van der Waals surface area contributed by atoms with Crippen LogP contribution >= 0.6 is 0 Å². The van der Waals surface area contributed by atoms with Gasteiger partial charge >= 0.3 is 0 Å². The van der Waals surface area contributed by atoms with Gasteiger partial charge in [0.25, 0.3) is 11.8 Å². The number of furan rings is 1. The summed E-state index contributed by atoms with van der Waals surface area (Å²) < 4.78 is 5.04. The quantitative estimate of drug-likeness (QED) is 0.768. The van der Waals surface area contributed by atoms with Crippen molar-refractivity contribution in [2.45, 2.75) is 6.10 Å². The molecule has 0 aliphatic heterocycles. The van der Waals surface area contributed by atoms with Crippen LogP contribution in [0.5, 0.6) is 0 Å². The van der Waals surface area contributed by atoms with Crippen LogP contribution in [0.25, 0.3) is 0 Å². The summed E-state index contributed by atoms with van der Waals surface area (Å²) in [5.74, 6) is -0.249. The molecule has 3 N–H and O–H groups in total. The first-order chi connectivity index (χ1) is 10.1. The average molecular weight is 288 g/mol. The van der Waals surface area contributed by atoms with E-state index < -0.39 is 6.10 Å². The second kappa shape index (κ2) is 6.71. The summed E-state index contributed by atoms with van der Waals surface area (Å²) >= 11 is 0. The van der Waals surface area contributed by atoms with Crippen LogP contribution in [0.4, 0.5) is 0 Å². The highest BCUT2D eigenvalue weighted by Crippen LogP contribution is 2.12. The van der Waals surface area contributed by atoms with Gasteiger partial charge in [0.15, 0.2) is 0 Å². The largest absolute Gasteiger partial charge is 0.467 e. The van der Waals surface area contributed by atoms with E-state index in [1.807, 2.05) is 0 Å². The minimum Gasteiger partial charge on any atom is -0.467 e. The van der Waals surface area contributed by atoms with Gasteiger partial charge in [-0.2, -0.15) is 0 Å². The van der Waals surface area contributed by atoms with Crippen molar-refractivity contribution in [1.82, 2.24) is 10.6 Å². The van der Waals surface area contributed by atoms with Crippen molar-refractivity contribution >= 4 is 11.8 Å². The first kappa shape index (κ1) is 14.8. The number of benzene rings is 1. The Morgan fingerprint density at radius 3 is 2.52 bits per heavy atom. The third kappa shape index (κ3) is 3.70. The summed E-state index contributed by atoms with van der Waals surface area (Å²) in [6.45, 7) is 0.0244. The average Bonchev–Trinajstić information content (AvgIpc) is 3.06. The van der Waals surface area contributed by atoms with E-state index in [9.17, 15) is 14.7 Å². The summed E-state index contributed by atoms with van der Waals surface area (Å²) in [5, 5.41) is 14.9. The lowest BCUT2D eigenvalue weighted by atomic mass is 10.1. The Hall–Kier alpha value is -2.60. The Balaban J connectivity index is 1.99. The molecule has 110 valence electrons. The zero-order valence-electron chi connectivity index (χ0n) is 11.5. The van der Waals surface area contributed by atoms with Crippen molar-refractivity contribution in [2.24, 2.45) is 0 Å². The van der Waals surface area contributed by atoms with Gasteiger partial charge in [0, 0.05) is 18.2 Å². The number of rotatable bonds is 5. The smallest absolute Gasteiger partial charge is 0.251 e. The number of carbonyl (C=O) groups excluding carboxylic acids is 2. The molecule has 0 spiro atoms. The Kier molecular flexibility index (Phi) is 4.73. The highest BCUT2D eigenvalue weighted by Gasteiger charge is 2.14. The molecule has 1 unspecified atom stereocenters. The molecule has 0 aliphatic carbocycles. The number of hydrogen-bond acceptors (Lipinski definition) is 4. The number of hydrogen-bond donors (Lipinski definition) is 3. The topological polar surface area (TPSA) is 91.6 Å². The van der Waals surface area contributed by atoms with Gasteiger partial charge in [-0.05, 0) is 30.3 Å². The van der Waals surface area contributed by atoms with Crippen molar-refractivity contribution in [3.63, 3.8) is 0 Å². The molecule has 1 aromatic carbocycles. The van der Waals surface area contributed by atoms with Gasteiger partial charge < -0.3 is 20.2 Å². The van der Waals surface area contributed by atoms with E-state index >= 15 is 0 Å². The number of nitrogens with one attached hydrogen (secondary N) is 2. The molecular formula is C15H16N2O4. The minimum atomic E-state index is -0.911. The van der Waals surface area contributed by atoms with Gasteiger partial charge in [-0.3, -0.25) is 9.59 Å². The minimum absolute atomic E-state index is 0.0244. The summed E-state index contributed by atoms with van der Waals surface area (Å²) in [7, 11) is 1.52. The molecule has 6 heteroatoms. The Labute approximate surface area is 121 Å². The summed E-state index contributed by atoms with van der Waals surface area (Å²) in [4.78, 5) is 23.5. The van der Waals surface area contributed by atoms with Crippen LogP contribution in [-0.4, -0.2) is 30.5 Å². The summed E-state index contributed by atoms with van der Waals surface area (Å²) in [6.07, 6.45) is 0.541. The van der Waals surface area contributed by atoms with E-state index in [1.54, 1.807) is 30.3 Å². The maximum Gasteiger partial charge on any atom is 0.251 e. The fourth-order valence-electron chi connectivity index (χ4n) is 1.82. The fourth-order valence-corrected chi connectivity index (χ4v) is 1.82. The van der Waals surface area contributed by atoms with E-state index in [2.05, 4.69) is 10.6 Å². The molecule has 2 aromatic rings. The molecule has 0 fully saturated rings. The summed E-state index contributed by atoms with van der Waals surface area (Å²) in [6, 6.07) is 9.63. The SMILES string of the molecule is CNC(=O)c1cccc(C(=O)NCC(O)c2ccco2)c1. The molecule has 21 heavy (non-hydrogen) atoms. The van der Waals surface area contributed by atoms with Gasteiger partial charge in [-0.25, -0.2) is 0 Å². The molecule has 0 saturated carbocycles. The van der Waals surface area contributed by atoms with Crippen LogP contribution in [0.2, 0.25) is 0 Å². The van der Waals surface area contributed by atoms with Gasteiger partial charge in [-0.1, -0.05) is 6.07 Å². The maximum atomic E-state index is 12.0. The molecule has 2 amide bonds. The Bertz CT molecular complexity index is 622. The van der Waals surface area contributed by atoms with Crippen LogP contribution in [0, 0.1) is 0 Å². The predicted octanol–water partition coefficient (Wildman–Crippen LogP) is 1.10. The first-order valence-corrected chi connectivity index (χ1v) is 6.43. The third-order valence-corrected chi connectivity index (χ3v) is 2.94. The normalized spacial score (nSPS) is 11.7. The number of amides is 2. The number of carbonyl (C=O) groups is 2. The van der Waals surface area contributed by atoms with Crippen LogP contribution < -0.4 is 10.6 Å². The highest BCUT2D eigenvalue weighted by atomic mass is 16.4. The molecule has 2 rings (SSSR count). The zero-order valence-corrected chi connectivity index (χ0v) is 11.5. The standard InChI is InChI=1S/C15H16N2O4/c1-16-14(19)10-4-2-5-11(8-10)15(20)17-9-12(18)13-6-3-7-21-13/h2-8,12,18H,9H2,1H3,(H,16,19)(H,17,20). The lowest BCUT2D eigenvalue weighted by Crippen LogP contribution is -2.28. The van der Waals surface area contributed by atoms with Crippen LogP contribution in [0.15, 0.2) is 47.1 Å². The van der Waals surface area contributed by atoms with Crippen LogP contribution in [-0.2, 0) is 0 Å². The van der Waals surface area contributed by atoms with Crippen molar-refractivity contribution in [3.8, 4) is 0 Å². The van der Waals surface area contributed by atoms with E-state index in [0.29, 0.717) is 16.9 Å². The molecule has 1 aromatic heterocycles. The van der Waals surface area contributed by atoms with E-state index in [1.165, 1.54) is 19.4 Å². The van der Waals surface area contributed by atoms with E-state index in [-0.39, 0.29) is 18.4 Å². The molecule has 0 aliphatic rings. The monoisotopic (exact) mass is 288 g/mol. The second-order valence-corrected chi connectivity index (χ2v) is 4.40. The van der Waals surface area contributed by atoms with Gasteiger partial charge in [0.05, 0.1) is 12.8 Å². The second-order valence-electron chi connectivity index (χ2n) is 4.40. The maximum absolute atomic E-state index is 12.0. The predicted molar refractivity (Wildman–Crippen MR) is 75.8 cm³/mol.